The molecule has 3 aromatic carbocycles. The molecule has 30 heavy (non-hydrogen) atoms. The summed E-state index contributed by atoms with van der Waals surface area (Å²) in [5.74, 6) is 2.14. The Morgan fingerprint density at radius 2 is 1.70 bits per heavy atom. The van der Waals surface area contributed by atoms with Gasteiger partial charge in [0.1, 0.15) is 5.75 Å². The highest BCUT2D eigenvalue weighted by molar-refractivity contribution is 7.98. The highest BCUT2D eigenvalue weighted by atomic mass is 35.5. The minimum absolute atomic E-state index is 0.533. The molecule has 0 saturated carbocycles. The van der Waals surface area contributed by atoms with Crippen molar-refractivity contribution in [2.45, 2.75) is 10.9 Å². The first-order valence-electron chi connectivity index (χ1n) is 8.97. The molecule has 0 aliphatic heterocycles. The number of rotatable bonds is 6. The molecule has 0 N–H and O–H groups in total. The fraction of sp³-hybridized carbons (Fsp3) is 0.0909. The Kier molecular flexibility index (Phi) is 6.54. The Morgan fingerprint density at radius 3 is 2.43 bits per heavy atom. The van der Waals surface area contributed by atoms with Gasteiger partial charge in [-0.2, -0.15) is 0 Å². The van der Waals surface area contributed by atoms with Crippen LogP contribution >= 0.6 is 46.6 Å². The van der Waals surface area contributed by atoms with Crippen LogP contribution in [0.15, 0.2) is 71.9 Å². The minimum Gasteiger partial charge on any atom is -0.497 e. The van der Waals surface area contributed by atoms with Gasteiger partial charge in [-0.05, 0) is 54.1 Å². The fourth-order valence-corrected chi connectivity index (χ4v) is 4.25. The summed E-state index contributed by atoms with van der Waals surface area (Å²) in [6.45, 7) is 0. The average Bonchev–Trinajstić information content (AvgIpc) is 3.19. The zero-order chi connectivity index (χ0) is 21.1. The molecule has 0 aliphatic carbocycles. The van der Waals surface area contributed by atoms with Gasteiger partial charge in [0, 0.05) is 22.0 Å². The number of hydrogen-bond donors (Lipinski definition) is 0. The predicted octanol–water partition coefficient (Wildman–Crippen LogP) is 7.20. The molecule has 4 nitrogen and oxygen atoms in total. The summed E-state index contributed by atoms with van der Waals surface area (Å²) in [6.07, 6.45) is 0. The van der Waals surface area contributed by atoms with Crippen molar-refractivity contribution in [3.8, 4) is 22.8 Å². The van der Waals surface area contributed by atoms with Crippen LogP contribution in [0.2, 0.25) is 15.1 Å². The first kappa shape index (κ1) is 21.1. The molecule has 0 aliphatic rings. The van der Waals surface area contributed by atoms with Gasteiger partial charge in [0.25, 0.3) is 0 Å². The number of methoxy groups -OCH3 is 1. The maximum absolute atomic E-state index is 6.15. The number of benzene rings is 3. The van der Waals surface area contributed by atoms with E-state index in [1.807, 2.05) is 65.2 Å². The van der Waals surface area contributed by atoms with Crippen LogP contribution in [0.25, 0.3) is 17.1 Å². The Hall–Kier alpha value is -2.18. The lowest BCUT2D eigenvalue weighted by molar-refractivity contribution is 0.415. The molecule has 0 unspecified atom stereocenters. The van der Waals surface area contributed by atoms with Crippen molar-refractivity contribution in [3.05, 3.63) is 87.4 Å². The van der Waals surface area contributed by atoms with Crippen LogP contribution in [0.4, 0.5) is 0 Å². The van der Waals surface area contributed by atoms with Gasteiger partial charge in [0.05, 0.1) is 17.2 Å². The molecule has 0 radical (unpaired) electrons. The zero-order valence-corrected chi connectivity index (χ0v) is 18.9. The van der Waals surface area contributed by atoms with Crippen LogP contribution in [-0.2, 0) is 5.75 Å². The molecular formula is C22H16Cl3N3OS. The lowest BCUT2D eigenvalue weighted by Crippen LogP contribution is -2.00. The van der Waals surface area contributed by atoms with Crippen molar-refractivity contribution in [1.82, 2.24) is 14.8 Å². The summed E-state index contributed by atoms with van der Waals surface area (Å²) >= 11 is 19.8. The van der Waals surface area contributed by atoms with Gasteiger partial charge in [-0.1, -0.05) is 64.8 Å². The number of ether oxygens (including phenoxy) is 1. The predicted molar refractivity (Wildman–Crippen MR) is 124 cm³/mol. The maximum atomic E-state index is 6.15. The molecule has 152 valence electrons. The Bertz CT molecular complexity index is 1180. The van der Waals surface area contributed by atoms with E-state index < -0.39 is 0 Å². The number of thioether (sulfide) groups is 1. The molecule has 0 atom stereocenters. The highest BCUT2D eigenvalue weighted by Gasteiger charge is 2.17. The largest absolute Gasteiger partial charge is 0.497 e. The van der Waals surface area contributed by atoms with Crippen molar-refractivity contribution in [2.24, 2.45) is 0 Å². The molecule has 0 saturated heterocycles. The van der Waals surface area contributed by atoms with Gasteiger partial charge in [0.15, 0.2) is 11.0 Å². The monoisotopic (exact) mass is 475 g/mol. The first-order valence-corrected chi connectivity index (χ1v) is 11.1. The third-order valence-electron chi connectivity index (χ3n) is 4.40. The van der Waals surface area contributed by atoms with E-state index in [4.69, 9.17) is 39.5 Å². The highest BCUT2D eigenvalue weighted by Crippen LogP contribution is 2.32. The summed E-state index contributed by atoms with van der Waals surface area (Å²) in [4.78, 5) is 0. The van der Waals surface area contributed by atoms with Crippen LogP contribution < -0.4 is 4.74 Å². The van der Waals surface area contributed by atoms with Crippen molar-refractivity contribution in [3.63, 3.8) is 0 Å². The standard InChI is InChI=1S/C22H16Cl3N3OS/c1-29-18-4-2-3-15(12-18)21-26-27-22(28(21)17-8-6-16(23)7-9-17)30-13-14-5-10-19(24)20(25)11-14/h2-12H,13H2,1H3. The minimum atomic E-state index is 0.533. The van der Waals surface area contributed by atoms with E-state index in [9.17, 15) is 0 Å². The van der Waals surface area contributed by atoms with E-state index >= 15 is 0 Å². The summed E-state index contributed by atoms with van der Waals surface area (Å²) in [5.41, 5.74) is 2.86. The van der Waals surface area contributed by atoms with Gasteiger partial charge >= 0.3 is 0 Å². The van der Waals surface area contributed by atoms with Gasteiger partial charge in [0.2, 0.25) is 0 Å². The maximum Gasteiger partial charge on any atom is 0.196 e. The molecule has 8 heteroatoms. The summed E-state index contributed by atoms with van der Waals surface area (Å²) in [6, 6.07) is 20.9. The molecule has 1 heterocycles. The average molecular weight is 477 g/mol. The second-order valence-electron chi connectivity index (χ2n) is 6.39. The molecule has 0 fully saturated rings. The second-order valence-corrected chi connectivity index (χ2v) is 8.58. The molecular weight excluding hydrogens is 461 g/mol. The van der Waals surface area contributed by atoms with E-state index in [2.05, 4.69) is 10.2 Å². The van der Waals surface area contributed by atoms with E-state index in [1.54, 1.807) is 24.9 Å². The Labute approximate surface area is 193 Å². The zero-order valence-electron chi connectivity index (χ0n) is 15.8. The third-order valence-corrected chi connectivity index (χ3v) is 6.39. The number of hydrogen-bond acceptors (Lipinski definition) is 4. The van der Waals surface area contributed by atoms with Crippen LogP contribution in [0.3, 0.4) is 0 Å². The van der Waals surface area contributed by atoms with Crippen LogP contribution in [0, 0.1) is 0 Å². The normalized spacial score (nSPS) is 10.9. The van der Waals surface area contributed by atoms with Crippen molar-refractivity contribution < 1.29 is 4.74 Å². The van der Waals surface area contributed by atoms with Gasteiger partial charge in [-0.25, -0.2) is 0 Å². The number of nitrogens with zero attached hydrogens (tertiary/aromatic N) is 3. The number of aromatic nitrogens is 3. The van der Waals surface area contributed by atoms with E-state index in [0.717, 1.165) is 27.7 Å². The van der Waals surface area contributed by atoms with Crippen molar-refractivity contribution >= 4 is 46.6 Å². The summed E-state index contributed by atoms with van der Waals surface area (Å²) in [5, 5.41) is 11.4. The molecule has 0 bridgehead atoms. The number of halogens is 3. The van der Waals surface area contributed by atoms with E-state index in [0.29, 0.717) is 26.6 Å². The quantitative estimate of drug-likeness (QED) is 0.276. The van der Waals surface area contributed by atoms with Gasteiger partial charge in [-0.15, -0.1) is 10.2 Å². The Balaban J connectivity index is 1.73. The van der Waals surface area contributed by atoms with Gasteiger partial charge in [-0.3, -0.25) is 4.57 Å². The Morgan fingerprint density at radius 1 is 0.900 bits per heavy atom. The van der Waals surface area contributed by atoms with Crippen LogP contribution in [-0.4, -0.2) is 21.9 Å². The molecule has 1 aromatic heterocycles. The molecule has 0 amide bonds. The lowest BCUT2D eigenvalue weighted by atomic mass is 10.2. The SMILES string of the molecule is COc1cccc(-c2nnc(SCc3ccc(Cl)c(Cl)c3)n2-c2ccc(Cl)cc2)c1. The third kappa shape index (κ3) is 4.60. The smallest absolute Gasteiger partial charge is 0.196 e. The molecule has 0 spiro atoms. The molecule has 4 aromatic rings. The fourth-order valence-electron chi connectivity index (χ4n) is 2.91. The van der Waals surface area contributed by atoms with Crippen LogP contribution in [0.5, 0.6) is 5.75 Å². The van der Waals surface area contributed by atoms with Crippen molar-refractivity contribution in [2.75, 3.05) is 7.11 Å². The van der Waals surface area contributed by atoms with E-state index in [-0.39, 0.29) is 0 Å². The lowest BCUT2D eigenvalue weighted by Gasteiger charge is -2.11. The van der Waals surface area contributed by atoms with Gasteiger partial charge < -0.3 is 4.74 Å². The van der Waals surface area contributed by atoms with E-state index in [1.165, 1.54) is 0 Å². The first-order chi connectivity index (χ1) is 14.5. The second kappa shape index (κ2) is 9.31. The topological polar surface area (TPSA) is 39.9 Å². The van der Waals surface area contributed by atoms with Crippen molar-refractivity contribution in [1.29, 1.82) is 0 Å². The van der Waals surface area contributed by atoms with Crippen LogP contribution in [0.1, 0.15) is 5.56 Å². The molecule has 4 rings (SSSR count). The summed E-state index contributed by atoms with van der Waals surface area (Å²) < 4.78 is 7.37. The summed E-state index contributed by atoms with van der Waals surface area (Å²) in [7, 11) is 1.64.